The fourth-order valence-electron chi connectivity index (χ4n) is 1.21. The van der Waals surface area contributed by atoms with Crippen molar-refractivity contribution in [3.8, 4) is 0 Å². The fourth-order valence-corrected chi connectivity index (χ4v) is 1.21. The van der Waals surface area contributed by atoms with Gasteiger partial charge in [-0.2, -0.15) is 13.2 Å². The Kier molecular flexibility index (Phi) is 7.33. The topological polar surface area (TPSA) is 75.6 Å². The van der Waals surface area contributed by atoms with Crippen molar-refractivity contribution in [2.75, 3.05) is 13.2 Å². The van der Waals surface area contributed by atoms with E-state index in [1.165, 1.54) is 0 Å². The molecule has 8 heteroatoms. The number of rotatable bonds is 8. The lowest BCUT2D eigenvalue weighted by molar-refractivity contribution is -0.175. The molecule has 0 spiro atoms. The Morgan fingerprint density at radius 2 is 2.00 bits per heavy atom. The standard InChI is InChI=1S/C10H16F3NO4/c1-7(3-2-4-9(16)17)14-8(15)5-18-6-10(11,12)13/h7H,2-6H2,1H3,(H,14,15)(H,16,17). The largest absolute Gasteiger partial charge is 0.481 e. The van der Waals surface area contributed by atoms with Crippen molar-refractivity contribution in [2.45, 2.75) is 38.4 Å². The summed E-state index contributed by atoms with van der Waals surface area (Å²) in [6.07, 6.45) is -3.63. The first-order valence-electron chi connectivity index (χ1n) is 5.36. The number of halogens is 3. The van der Waals surface area contributed by atoms with E-state index in [-0.39, 0.29) is 12.5 Å². The summed E-state index contributed by atoms with van der Waals surface area (Å²) >= 11 is 0. The molecule has 1 amide bonds. The van der Waals surface area contributed by atoms with Crippen molar-refractivity contribution >= 4 is 11.9 Å². The molecule has 106 valence electrons. The zero-order valence-electron chi connectivity index (χ0n) is 9.92. The molecule has 0 aliphatic carbocycles. The molecule has 0 fully saturated rings. The van der Waals surface area contributed by atoms with Gasteiger partial charge in [-0.05, 0) is 19.8 Å². The minimum Gasteiger partial charge on any atom is -0.481 e. The number of hydrogen-bond acceptors (Lipinski definition) is 3. The monoisotopic (exact) mass is 271 g/mol. The molecule has 0 radical (unpaired) electrons. The molecule has 0 aliphatic heterocycles. The second-order valence-electron chi connectivity index (χ2n) is 3.86. The fraction of sp³-hybridized carbons (Fsp3) is 0.800. The third-order valence-electron chi connectivity index (χ3n) is 1.93. The van der Waals surface area contributed by atoms with E-state index < -0.39 is 31.3 Å². The van der Waals surface area contributed by atoms with E-state index in [0.717, 1.165) is 0 Å². The molecule has 5 nitrogen and oxygen atoms in total. The average Bonchev–Trinajstić information content (AvgIpc) is 2.14. The van der Waals surface area contributed by atoms with Gasteiger partial charge >= 0.3 is 12.1 Å². The number of nitrogens with one attached hydrogen (secondary N) is 1. The Bertz CT molecular complexity index is 281. The first-order valence-corrected chi connectivity index (χ1v) is 5.36. The summed E-state index contributed by atoms with van der Waals surface area (Å²) in [6, 6.07) is -0.300. The maximum absolute atomic E-state index is 11.7. The number of alkyl halides is 3. The van der Waals surface area contributed by atoms with Gasteiger partial charge in [-0.3, -0.25) is 9.59 Å². The van der Waals surface area contributed by atoms with Crippen LogP contribution in [0.4, 0.5) is 13.2 Å². The van der Waals surface area contributed by atoms with E-state index >= 15 is 0 Å². The van der Waals surface area contributed by atoms with Crippen molar-refractivity contribution in [3.63, 3.8) is 0 Å². The first-order chi connectivity index (χ1) is 8.20. The summed E-state index contributed by atoms with van der Waals surface area (Å²) in [6.45, 7) is -0.486. The summed E-state index contributed by atoms with van der Waals surface area (Å²) in [5.41, 5.74) is 0. The van der Waals surface area contributed by atoms with Crippen molar-refractivity contribution < 1.29 is 32.6 Å². The highest BCUT2D eigenvalue weighted by atomic mass is 19.4. The van der Waals surface area contributed by atoms with Crippen LogP contribution in [0.3, 0.4) is 0 Å². The SMILES string of the molecule is CC(CCCC(=O)O)NC(=O)COCC(F)(F)F. The minimum atomic E-state index is -4.45. The van der Waals surface area contributed by atoms with E-state index in [4.69, 9.17) is 5.11 Å². The van der Waals surface area contributed by atoms with Crippen LogP contribution in [0.25, 0.3) is 0 Å². The Hall–Kier alpha value is -1.31. The van der Waals surface area contributed by atoms with Crippen LogP contribution in [0.15, 0.2) is 0 Å². The van der Waals surface area contributed by atoms with Crippen molar-refractivity contribution in [2.24, 2.45) is 0 Å². The highest BCUT2D eigenvalue weighted by Crippen LogP contribution is 2.14. The number of ether oxygens (including phenoxy) is 1. The normalized spacial score (nSPS) is 13.1. The molecule has 0 saturated carbocycles. The molecule has 1 unspecified atom stereocenters. The molecule has 0 heterocycles. The lowest BCUT2D eigenvalue weighted by Gasteiger charge is -2.13. The number of carboxylic acid groups (broad SMARTS) is 1. The summed E-state index contributed by atoms with van der Waals surface area (Å²) in [4.78, 5) is 21.3. The van der Waals surface area contributed by atoms with E-state index in [2.05, 4.69) is 10.1 Å². The van der Waals surface area contributed by atoms with Crippen LogP contribution in [0.2, 0.25) is 0 Å². The molecule has 0 aromatic carbocycles. The summed E-state index contributed by atoms with van der Waals surface area (Å²) in [5, 5.41) is 10.8. The highest BCUT2D eigenvalue weighted by molar-refractivity contribution is 5.77. The minimum absolute atomic E-state index is 0.00914. The number of carboxylic acids is 1. The molecular formula is C10H16F3NO4. The van der Waals surface area contributed by atoms with Crippen molar-refractivity contribution in [3.05, 3.63) is 0 Å². The van der Waals surface area contributed by atoms with Crippen molar-refractivity contribution in [1.29, 1.82) is 0 Å². The van der Waals surface area contributed by atoms with Crippen LogP contribution in [0.5, 0.6) is 0 Å². The quantitative estimate of drug-likeness (QED) is 0.698. The summed E-state index contributed by atoms with van der Waals surface area (Å²) in [5.74, 6) is -1.58. The van der Waals surface area contributed by atoms with Crippen molar-refractivity contribution in [1.82, 2.24) is 5.32 Å². The molecule has 0 rings (SSSR count). The van der Waals surface area contributed by atoms with Gasteiger partial charge in [0.2, 0.25) is 5.91 Å². The number of hydrogen-bond donors (Lipinski definition) is 2. The lowest BCUT2D eigenvalue weighted by atomic mass is 10.1. The van der Waals surface area contributed by atoms with E-state index in [1.54, 1.807) is 6.92 Å². The molecule has 0 aromatic heterocycles. The predicted molar refractivity (Wildman–Crippen MR) is 56.0 cm³/mol. The van der Waals surface area contributed by atoms with Gasteiger partial charge in [-0.15, -0.1) is 0 Å². The zero-order valence-corrected chi connectivity index (χ0v) is 9.92. The number of carbonyl (C=O) groups is 2. The Morgan fingerprint density at radius 3 is 2.50 bits per heavy atom. The van der Waals surface area contributed by atoms with E-state index in [1.807, 2.05) is 0 Å². The summed E-state index contributed by atoms with van der Waals surface area (Å²) in [7, 11) is 0. The Morgan fingerprint density at radius 1 is 1.39 bits per heavy atom. The molecule has 0 aromatic rings. The van der Waals surface area contributed by atoms with Crippen LogP contribution in [-0.2, 0) is 14.3 Å². The van der Waals surface area contributed by atoms with Gasteiger partial charge in [0.25, 0.3) is 0 Å². The van der Waals surface area contributed by atoms with Gasteiger partial charge in [-0.1, -0.05) is 0 Å². The van der Waals surface area contributed by atoms with E-state index in [9.17, 15) is 22.8 Å². The molecule has 0 aliphatic rings. The Balaban J connectivity index is 3.64. The Labute approximate surface area is 102 Å². The predicted octanol–water partition coefficient (Wildman–Crippen LogP) is 1.32. The molecule has 2 N–H and O–H groups in total. The van der Waals surface area contributed by atoms with Crippen LogP contribution >= 0.6 is 0 Å². The van der Waals surface area contributed by atoms with Gasteiger partial charge in [0.05, 0.1) is 0 Å². The zero-order chi connectivity index (χ0) is 14.2. The average molecular weight is 271 g/mol. The van der Waals surface area contributed by atoms with Crippen LogP contribution in [-0.4, -0.2) is 42.4 Å². The van der Waals surface area contributed by atoms with Gasteiger partial charge in [-0.25, -0.2) is 0 Å². The number of amides is 1. The third kappa shape index (κ3) is 11.2. The first kappa shape index (κ1) is 16.7. The molecule has 0 saturated heterocycles. The van der Waals surface area contributed by atoms with Crippen LogP contribution in [0, 0.1) is 0 Å². The molecule has 0 bridgehead atoms. The smallest absolute Gasteiger partial charge is 0.411 e. The van der Waals surface area contributed by atoms with Crippen LogP contribution in [0.1, 0.15) is 26.2 Å². The highest BCUT2D eigenvalue weighted by Gasteiger charge is 2.27. The van der Waals surface area contributed by atoms with Gasteiger partial charge in [0.15, 0.2) is 0 Å². The van der Waals surface area contributed by atoms with E-state index in [0.29, 0.717) is 12.8 Å². The number of aliphatic carboxylic acids is 1. The van der Waals surface area contributed by atoms with Gasteiger partial charge in [0, 0.05) is 12.5 Å². The molecule has 1 atom stereocenters. The molecular weight excluding hydrogens is 255 g/mol. The third-order valence-corrected chi connectivity index (χ3v) is 1.93. The second-order valence-corrected chi connectivity index (χ2v) is 3.86. The van der Waals surface area contributed by atoms with Gasteiger partial charge < -0.3 is 15.2 Å². The maximum Gasteiger partial charge on any atom is 0.411 e. The summed E-state index contributed by atoms with van der Waals surface area (Å²) < 4.78 is 39.3. The maximum atomic E-state index is 11.7. The number of carbonyl (C=O) groups excluding carboxylic acids is 1. The second kappa shape index (κ2) is 7.91. The van der Waals surface area contributed by atoms with Gasteiger partial charge in [0.1, 0.15) is 13.2 Å². The van der Waals surface area contributed by atoms with Crippen LogP contribution < -0.4 is 5.32 Å². The lowest BCUT2D eigenvalue weighted by Crippen LogP contribution is -2.36. The molecule has 18 heavy (non-hydrogen) atoms.